The van der Waals surface area contributed by atoms with E-state index in [2.05, 4.69) is 0 Å². The number of furan rings is 2. The van der Waals surface area contributed by atoms with Crippen molar-refractivity contribution in [2.75, 3.05) is 4.90 Å². The van der Waals surface area contributed by atoms with Crippen LogP contribution in [0.25, 0.3) is 11.0 Å². The number of rotatable bonds is 4. The number of aliphatic hydroxyl groups is 1. The zero-order valence-electron chi connectivity index (χ0n) is 16.6. The molecule has 0 spiro atoms. The summed E-state index contributed by atoms with van der Waals surface area (Å²) < 4.78 is 11.3. The molecule has 1 aliphatic rings. The van der Waals surface area contributed by atoms with E-state index in [1.807, 2.05) is 0 Å². The molecular formula is C24H15Cl2NO5. The van der Waals surface area contributed by atoms with Crippen LogP contribution in [0.5, 0.6) is 0 Å². The first-order chi connectivity index (χ1) is 15.3. The summed E-state index contributed by atoms with van der Waals surface area (Å²) in [6, 6.07) is 13.8. The van der Waals surface area contributed by atoms with E-state index in [4.69, 9.17) is 32.0 Å². The van der Waals surface area contributed by atoms with Gasteiger partial charge in [0, 0.05) is 21.1 Å². The minimum Gasteiger partial charge on any atom is -0.503 e. The molecule has 3 heterocycles. The van der Waals surface area contributed by atoms with Crippen molar-refractivity contribution in [1.82, 2.24) is 0 Å². The van der Waals surface area contributed by atoms with Gasteiger partial charge in [0.2, 0.25) is 5.78 Å². The molecule has 2 aromatic carbocycles. The Balaban J connectivity index is 1.65. The summed E-state index contributed by atoms with van der Waals surface area (Å²) in [6.07, 6.45) is 1.44. The Morgan fingerprint density at radius 1 is 1.06 bits per heavy atom. The molecule has 0 fully saturated rings. The Bertz CT molecular complexity index is 1420. The summed E-state index contributed by atoms with van der Waals surface area (Å²) in [4.78, 5) is 28.0. The van der Waals surface area contributed by atoms with Gasteiger partial charge in [0.05, 0.1) is 11.8 Å². The number of nitrogens with zero attached hydrogens (tertiary/aromatic N) is 1. The van der Waals surface area contributed by atoms with E-state index in [0.29, 0.717) is 38.0 Å². The fourth-order valence-corrected chi connectivity index (χ4v) is 4.36. The minimum absolute atomic E-state index is 0.0251. The molecule has 1 amide bonds. The first-order valence-corrected chi connectivity index (χ1v) is 10.4. The van der Waals surface area contributed by atoms with Gasteiger partial charge in [-0.25, -0.2) is 0 Å². The number of carbonyl (C=O) groups is 2. The maximum absolute atomic E-state index is 13.5. The number of benzene rings is 2. The third-order valence-corrected chi connectivity index (χ3v) is 5.86. The van der Waals surface area contributed by atoms with E-state index >= 15 is 0 Å². The van der Waals surface area contributed by atoms with Crippen molar-refractivity contribution >= 4 is 51.5 Å². The van der Waals surface area contributed by atoms with E-state index in [1.54, 1.807) is 55.5 Å². The number of hydrogen-bond acceptors (Lipinski definition) is 5. The summed E-state index contributed by atoms with van der Waals surface area (Å²) in [5.74, 6) is -1.72. The lowest BCUT2D eigenvalue weighted by Crippen LogP contribution is -2.31. The number of fused-ring (bicyclic) bond motifs is 1. The van der Waals surface area contributed by atoms with Crippen LogP contribution in [0.3, 0.4) is 0 Å². The molecule has 2 aromatic heterocycles. The zero-order valence-corrected chi connectivity index (χ0v) is 18.1. The standard InChI is InChI=1S/C24H15Cl2NO5/c1-12-9-14(25)4-6-16(12)27-21(18-3-2-8-31-18)20(23(29)24(27)30)22(28)19-11-13-10-15(26)5-7-17(13)32-19/h2-11,21,29H,1H3. The highest BCUT2D eigenvalue weighted by molar-refractivity contribution is 6.31. The van der Waals surface area contributed by atoms with Gasteiger partial charge in [0.25, 0.3) is 5.91 Å². The van der Waals surface area contributed by atoms with E-state index < -0.39 is 23.5 Å². The van der Waals surface area contributed by atoms with Gasteiger partial charge in [-0.3, -0.25) is 14.5 Å². The van der Waals surface area contributed by atoms with Gasteiger partial charge < -0.3 is 13.9 Å². The van der Waals surface area contributed by atoms with Gasteiger partial charge in [-0.15, -0.1) is 0 Å². The first kappa shape index (κ1) is 20.4. The smallest absolute Gasteiger partial charge is 0.294 e. The monoisotopic (exact) mass is 467 g/mol. The third kappa shape index (κ3) is 3.20. The molecule has 1 N–H and O–H groups in total. The molecule has 0 radical (unpaired) electrons. The highest BCUT2D eigenvalue weighted by Gasteiger charge is 2.47. The quantitative estimate of drug-likeness (QED) is 0.349. The van der Waals surface area contributed by atoms with Crippen LogP contribution in [-0.2, 0) is 4.79 Å². The molecule has 1 aliphatic heterocycles. The molecule has 32 heavy (non-hydrogen) atoms. The van der Waals surface area contributed by atoms with E-state index in [-0.39, 0.29) is 11.3 Å². The number of halogens is 2. The van der Waals surface area contributed by atoms with Crippen molar-refractivity contribution < 1.29 is 23.5 Å². The van der Waals surface area contributed by atoms with Gasteiger partial charge in [-0.2, -0.15) is 0 Å². The van der Waals surface area contributed by atoms with Crippen LogP contribution in [0.1, 0.15) is 27.9 Å². The predicted molar refractivity (Wildman–Crippen MR) is 120 cm³/mol. The fourth-order valence-electron chi connectivity index (χ4n) is 3.95. The Kier molecular flexibility index (Phi) is 4.84. The molecule has 0 saturated carbocycles. The average Bonchev–Trinajstić information content (AvgIpc) is 3.47. The van der Waals surface area contributed by atoms with Crippen molar-refractivity contribution in [1.29, 1.82) is 0 Å². The van der Waals surface area contributed by atoms with Gasteiger partial charge in [0.1, 0.15) is 17.4 Å². The number of ketones is 1. The Hall–Kier alpha value is -3.48. The lowest BCUT2D eigenvalue weighted by Gasteiger charge is -2.26. The SMILES string of the molecule is Cc1cc(Cl)ccc1N1C(=O)C(O)=C(C(=O)c2cc3cc(Cl)ccc3o2)C1c1ccco1. The maximum Gasteiger partial charge on any atom is 0.294 e. The largest absolute Gasteiger partial charge is 0.503 e. The molecule has 1 atom stereocenters. The second-order valence-electron chi connectivity index (χ2n) is 7.41. The van der Waals surface area contributed by atoms with Crippen molar-refractivity contribution in [3.63, 3.8) is 0 Å². The second kappa shape index (κ2) is 7.58. The van der Waals surface area contributed by atoms with Gasteiger partial charge in [0.15, 0.2) is 11.5 Å². The van der Waals surface area contributed by atoms with Crippen LogP contribution in [0, 0.1) is 6.92 Å². The predicted octanol–water partition coefficient (Wildman–Crippen LogP) is 6.42. The molecule has 6 nitrogen and oxygen atoms in total. The van der Waals surface area contributed by atoms with Crippen LogP contribution in [0.4, 0.5) is 5.69 Å². The van der Waals surface area contributed by atoms with Crippen LogP contribution in [-0.4, -0.2) is 16.8 Å². The highest BCUT2D eigenvalue weighted by Crippen LogP contribution is 2.43. The van der Waals surface area contributed by atoms with Gasteiger partial charge in [-0.1, -0.05) is 23.2 Å². The minimum atomic E-state index is -0.985. The molecule has 5 rings (SSSR count). The number of carbonyl (C=O) groups excluding carboxylic acids is 2. The topological polar surface area (TPSA) is 83.9 Å². The number of aryl methyl sites for hydroxylation is 1. The van der Waals surface area contributed by atoms with Gasteiger partial charge >= 0.3 is 0 Å². The molecule has 0 aliphatic carbocycles. The molecular weight excluding hydrogens is 453 g/mol. The summed E-state index contributed by atoms with van der Waals surface area (Å²) in [7, 11) is 0. The highest BCUT2D eigenvalue weighted by atomic mass is 35.5. The van der Waals surface area contributed by atoms with E-state index in [0.717, 1.165) is 0 Å². The van der Waals surface area contributed by atoms with Crippen LogP contribution in [0.2, 0.25) is 10.0 Å². The lowest BCUT2D eigenvalue weighted by molar-refractivity contribution is -0.117. The molecule has 160 valence electrons. The molecule has 8 heteroatoms. The second-order valence-corrected chi connectivity index (χ2v) is 8.28. The average molecular weight is 468 g/mol. The maximum atomic E-state index is 13.5. The van der Waals surface area contributed by atoms with E-state index in [9.17, 15) is 14.7 Å². The number of anilines is 1. The van der Waals surface area contributed by atoms with Crippen LogP contribution >= 0.6 is 23.2 Å². The van der Waals surface area contributed by atoms with Crippen LogP contribution < -0.4 is 4.90 Å². The Morgan fingerprint density at radius 2 is 1.81 bits per heavy atom. The number of hydrogen-bond donors (Lipinski definition) is 1. The molecule has 0 saturated heterocycles. The number of aliphatic hydroxyl groups excluding tert-OH is 1. The van der Waals surface area contributed by atoms with Crippen molar-refractivity contribution in [2.45, 2.75) is 13.0 Å². The summed E-state index contributed by atoms with van der Waals surface area (Å²) in [5, 5.41) is 12.4. The molecule has 1 unspecified atom stereocenters. The number of Topliss-reactive ketones (excluding diaryl/α,β-unsaturated/α-hetero) is 1. The summed E-state index contributed by atoms with van der Waals surface area (Å²) in [6.45, 7) is 1.79. The lowest BCUT2D eigenvalue weighted by atomic mass is 9.99. The first-order valence-electron chi connectivity index (χ1n) is 9.65. The number of amides is 1. The Labute approximate surface area is 192 Å². The molecule has 0 bridgehead atoms. The zero-order chi connectivity index (χ0) is 22.6. The van der Waals surface area contributed by atoms with Crippen molar-refractivity contribution in [3.8, 4) is 0 Å². The van der Waals surface area contributed by atoms with Crippen molar-refractivity contribution in [3.05, 3.63) is 99.3 Å². The third-order valence-electron chi connectivity index (χ3n) is 5.39. The van der Waals surface area contributed by atoms with Crippen molar-refractivity contribution in [2.24, 2.45) is 0 Å². The van der Waals surface area contributed by atoms with Gasteiger partial charge in [-0.05, 0) is 67.1 Å². The van der Waals surface area contributed by atoms with E-state index in [1.165, 1.54) is 17.2 Å². The normalized spacial score (nSPS) is 16.4. The summed E-state index contributed by atoms with van der Waals surface area (Å²) in [5.41, 5.74) is 1.51. The van der Waals surface area contributed by atoms with Crippen LogP contribution in [0.15, 0.2) is 81.0 Å². The summed E-state index contributed by atoms with van der Waals surface area (Å²) >= 11 is 12.1. The Morgan fingerprint density at radius 3 is 2.53 bits per heavy atom. The molecule has 4 aromatic rings. The fraction of sp³-hybridized carbons (Fsp3) is 0.0833.